The number of para-hydroxylation sites is 2. The van der Waals surface area contributed by atoms with Gasteiger partial charge in [0, 0.05) is 24.8 Å². The molecule has 0 aliphatic rings. The third-order valence-electron chi connectivity index (χ3n) is 7.04. The van der Waals surface area contributed by atoms with E-state index in [0.29, 0.717) is 11.5 Å². The summed E-state index contributed by atoms with van der Waals surface area (Å²) < 4.78 is 19.1. The van der Waals surface area contributed by atoms with Crippen LogP contribution in [0.15, 0.2) is 187 Å². The molecule has 3 nitrogen and oxygen atoms in total. The fraction of sp³-hybridized carbons (Fsp3) is 0.0270. The van der Waals surface area contributed by atoms with Crippen molar-refractivity contribution in [1.29, 1.82) is 0 Å². The lowest BCUT2D eigenvalue weighted by Gasteiger charge is -2.33. The van der Waals surface area contributed by atoms with Gasteiger partial charge in [0.2, 0.25) is 0 Å². The molecule has 0 fully saturated rings. The minimum absolute atomic E-state index is 0.642. The molecule has 0 saturated heterocycles. The van der Waals surface area contributed by atoms with E-state index in [1.165, 1.54) is 10.6 Å². The van der Waals surface area contributed by atoms with Crippen LogP contribution in [0, 0.1) is 0 Å². The van der Waals surface area contributed by atoms with E-state index in [2.05, 4.69) is 121 Å². The Morgan fingerprint density at radius 2 is 0.773 bits per heavy atom. The number of hydrogen-bond acceptors (Lipinski definition) is 3. The van der Waals surface area contributed by atoms with Crippen LogP contribution in [0.3, 0.4) is 0 Å². The highest BCUT2D eigenvalue weighted by Gasteiger charge is 2.35. The molecule has 0 heterocycles. The molecule has 0 radical (unpaired) electrons. The topological polar surface area (TPSA) is 30.8 Å². The van der Waals surface area contributed by atoms with E-state index in [9.17, 15) is 0 Å². The van der Waals surface area contributed by atoms with Crippen LogP contribution in [0.2, 0.25) is 0 Å². The van der Waals surface area contributed by atoms with Crippen molar-refractivity contribution in [2.24, 2.45) is 4.52 Å². The zero-order valence-corrected chi connectivity index (χ0v) is 27.5. The van der Waals surface area contributed by atoms with Crippen LogP contribution in [0.4, 0.5) is 0 Å². The summed E-state index contributed by atoms with van der Waals surface area (Å²) in [4.78, 5) is 0. The van der Waals surface area contributed by atoms with Crippen molar-refractivity contribution >= 4 is 54.6 Å². The van der Waals surface area contributed by atoms with Crippen LogP contribution in [0.5, 0.6) is 11.5 Å². The molecule has 0 spiro atoms. The van der Waals surface area contributed by atoms with Gasteiger partial charge in [0.05, 0.1) is 0 Å². The van der Waals surface area contributed by atoms with Gasteiger partial charge in [-0.1, -0.05) is 158 Å². The first-order chi connectivity index (χ1) is 21.6. The number of rotatable bonds is 11. The molecule has 6 aromatic rings. The molecule has 6 rings (SSSR count). The first kappa shape index (κ1) is 30.3. The summed E-state index contributed by atoms with van der Waals surface area (Å²) in [6.07, 6.45) is 0. The van der Waals surface area contributed by atoms with Gasteiger partial charge in [-0.3, -0.25) is 0 Å². The Balaban J connectivity index is 1.64. The summed E-state index contributed by atoms with van der Waals surface area (Å²) in [5.41, 5.74) is 0. The third kappa shape index (κ3) is 7.29. The molecular weight excluding hydrogens is 615 g/mol. The Bertz CT molecular complexity index is 1730. The second kappa shape index (κ2) is 14.3. The van der Waals surface area contributed by atoms with E-state index in [1.807, 2.05) is 60.7 Å². The van der Waals surface area contributed by atoms with Gasteiger partial charge in [0.1, 0.15) is 11.5 Å². The normalized spacial score (nSPS) is 11.6. The second-order valence-corrected chi connectivity index (χ2v) is 19.0. The molecule has 6 aromatic carbocycles. The van der Waals surface area contributed by atoms with Crippen LogP contribution in [0.1, 0.15) is 0 Å². The van der Waals surface area contributed by atoms with E-state index in [-0.39, 0.29) is 0 Å². The average molecular weight is 648 g/mol. The zero-order chi connectivity index (χ0) is 30.1. The molecular formula is C37H32NO2P3S. The van der Waals surface area contributed by atoms with Crippen molar-refractivity contribution in [3.8, 4) is 11.5 Å². The maximum atomic E-state index is 6.67. The Morgan fingerprint density at radius 1 is 0.455 bits per heavy atom. The first-order valence-corrected chi connectivity index (χ1v) is 20.4. The SMILES string of the molecule is S=P(N=P(CP(c1ccccc1)c1ccccc1)(c1ccccc1)c1ccccc1)(Oc1ccccc1)Oc1ccccc1. The van der Waals surface area contributed by atoms with E-state index in [1.54, 1.807) is 0 Å². The van der Waals surface area contributed by atoms with Gasteiger partial charge in [0.15, 0.2) is 0 Å². The molecule has 0 aromatic heterocycles. The van der Waals surface area contributed by atoms with Gasteiger partial charge in [0.25, 0.3) is 0 Å². The fourth-order valence-corrected chi connectivity index (χ4v) is 18.0. The predicted molar refractivity (Wildman–Crippen MR) is 194 cm³/mol. The molecule has 0 atom stereocenters. The highest BCUT2D eigenvalue weighted by atomic mass is 32.5. The third-order valence-corrected chi connectivity index (χ3v) is 18.0. The van der Waals surface area contributed by atoms with Crippen molar-refractivity contribution in [1.82, 2.24) is 0 Å². The molecule has 218 valence electrons. The van der Waals surface area contributed by atoms with Crippen molar-refractivity contribution in [3.05, 3.63) is 182 Å². The van der Waals surface area contributed by atoms with E-state index in [4.69, 9.17) is 25.4 Å². The molecule has 0 unspecified atom stereocenters. The molecule has 0 N–H and O–H groups in total. The minimum Gasteiger partial charge on any atom is -0.419 e. The van der Waals surface area contributed by atoms with E-state index < -0.39 is 21.6 Å². The monoisotopic (exact) mass is 647 g/mol. The van der Waals surface area contributed by atoms with Crippen molar-refractivity contribution < 1.29 is 9.05 Å². The maximum Gasteiger partial charge on any atom is 0.413 e. The lowest BCUT2D eigenvalue weighted by Crippen LogP contribution is -2.23. The van der Waals surface area contributed by atoms with Crippen LogP contribution in [0.25, 0.3) is 0 Å². The van der Waals surface area contributed by atoms with Gasteiger partial charge in [-0.05, 0) is 53.4 Å². The van der Waals surface area contributed by atoms with Crippen molar-refractivity contribution in [2.45, 2.75) is 0 Å². The quantitative estimate of drug-likeness (QED) is 0.131. The number of benzene rings is 6. The standard InChI is InChI=1S/C37H32NO2P3S/c44-43(39-32-19-7-1-8-20-32,40-33-21-9-2-10-22-33)38-42(36-27-15-5-16-28-36,37-29-17-6-18-30-37)31-41(34-23-11-3-12-24-34)35-25-13-4-14-26-35/h1-30H,31H2. The lowest BCUT2D eigenvalue weighted by atomic mass is 10.3. The Labute approximate surface area is 266 Å². The van der Waals surface area contributed by atoms with Crippen LogP contribution < -0.4 is 30.3 Å². The van der Waals surface area contributed by atoms with Gasteiger partial charge in [-0.25, -0.2) is 0 Å². The predicted octanol–water partition coefficient (Wildman–Crippen LogP) is 9.31. The molecule has 0 aliphatic heterocycles. The molecule has 44 heavy (non-hydrogen) atoms. The van der Waals surface area contributed by atoms with Gasteiger partial charge < -0.3 is 9.05 Å². The summed E-state index contributed by atoms with van der Waals surface area (Å²) in [7, 11) is -3.48. The first-order valence-electron chi connectivity index (χ1n) is 14.3. The Hall–Kier alpha value is -3.77. The van der Waals surface area contributed by atoms with Crippen molar-refractivity contribution in [2.75, 3.05) is 5.90 Å². The van der Waals surface area contributed by atoms with Crippen LogP contribution in [-0.2, 0) is 11.8 Å². The summed E-state index contributed by atoms with van der Waals surface area (Å²) in [5, 5.41) is 4.88. The van der Waals surface area contributed by atoms with E-state index >= 15 is 0 Å². The molecule has 0 saturated carbocycles. The Morgan fingerprint density at radius 3 is 1.14 bits per heavy atom. The molecule has 0 amide bonds. The number of hydrogen-bond donors (Lipinski definition) is 0. The smallest absolute Gasteiger partial charge is 0.413 e. The van der Waals surface area contributed by atoms with Gasteiger partial charge >= 0.3 is 6.64 Å². The largest absolute Gasteiger partial charge is 0.419 e. The highest BCUT2D eigenvalue weighted by Crippen LogP contribution is 2.65. The van der Waals surface area contributed by atoms with E-state index in [0.717, 1.165) is 16.5 Å². The molecule has 0 bridgehead atoms. The summed E-state index contributed by atoms with van der Waals surface area (Å²) >= 11 is 6.44. The van der Waals surface area contributed by atoms with Gasteiger partial charge in [-0.15, -0.1) is 0 Å². The lowest BCUT2D eigenvalue weighted by molar-refractivity contribution is 0.489. The average Bonchev–Trinajstić information content (AvgIpc) is 3.09. The maximum absolute atomic E-state index is 6.67. The minimum atomic E-state index is -3.34. The summed E-state index contributed by atoms with van der Waals surface area (Å²) in [6, 6.07) is 62.2. The Kier molecular flexibility index (Phi) is 9.86. The van der Waals surface area contributed by atoms with Gasteiger partial charge in [-0.2, -0.15) is 4.52 Å². The summed E-state index contributed by atoms with van der Waals surface area (Å²) in [5.74, 6) is 2.06. The van der Waals surface area contributed by atoms with Crippen LogP contribution in [-0.4, -0.2) is 5.90 Å². The van der Waals surface area contributed by atoms with Crippen molar-refractivity contribution in [3.63, 3.8) is 0 Å². The molecule has 0 aliphatic carbocycles. The zero-order valence-electron chi connectivity index (χ0n) is 24.0. The summed E-state index contributed by atoms with van der Waals surface area (Å²) in [6.45, 7) is -3.34. The highest BCUT2D eigenvalue weighted by molar-refractivity contribution is 8.12. The van der Waals surface area contributed by atoms with Crippen LogP contribution >= 0.6 is 21.6 Å². The second-order valence-electron chi connectivity index (χ2n) is 10.0. The molecule has 7 heteroatoms. The fourth-order valence-electron chi connectivity index (χ4n) is 5.00. The number of nitrogens with zero attached hydrogens (tertiary/aromatic N) is 1.